The molecule has 0 bridgehead atoms. The molecule has 1 heterocycles. The Morgan fingerprint density at radius 1 is 1.20 bits per heavy atom. The zero-order chi connectivity index (χ0) is 21.9. The number of carbonyl (C=O) groups excluding carboxylic acids is 1. The molecule has 0 aromatic heterocycles. The normalized spacial score (nSPS) is 17.5. The molecule has 162 valence electrons. The van der Waals surface area contributed by atoms with Crippen LogP contribution >= 0.6 is 0 Å². The molecule has 2 aromatic rings. The van der Waals surface area contributed by atoms with Crippen molar-refractivity contribution in [2.45, 2.75) is 49.6 Å². The smallest absolute Gasteiger partial charge is 0.254 e. The molecule has 0 unspecified atom stereocenters. The summed E-state index contributed by atoms with van der Waals surface area (Å²) in [4.78, 5) is 12.2. The van der Waals surface area contributed by atoms with Crippen molar-refractivity contribution >= 4 is 15.9 Å². The Hall–Kier alpha value is -2.58. The van der Waals surface area contributed by atoms with Crippen molar-refractivity contribution in [3.05, 3.63) is 53.6 Å². The molecule has 2 N–H and O–H groups in total. The van der Waals surface area contributed by atoms with E-state index in [0.29, 0.717) is 17.9 Å². The fourth-order valence-corrected chi connectivity index (χ4v) is 5.07. The fraction of sp³-hybridized carbons (Fsp3) is 0.409. The number of hydrogen-bond donors (Lipinski definition) is 2. The molecule has 7 nitrogen and oxygen atoms in total. The van der Waals surface area contributed by atoms with Crippen molar-refractivity contribution in [2.75, 3.05) is 14.2 Å². The van der Waals surface area contributed by atoms with Gasteiger partial charge in [0.15, 0.2) is 0 Å². The van der Waals surface area contributed by atoms with Crippen molar-refractivity contribution in [1.82, 2.24) is 10.0 Å². The van der Waals surface area contributed by atoms with Gasteiger partial charge < -0.3 is 14.8 Å². The number of benzene rings is 2. The van der Waals surface area contributed by atoms with Gasteiger partial charge in [-0.1, -0.05) is 32.0 Å². The molecule has 0 saturated carbocycles. The van der Waals surface area contributed by atoms with Crippen LogP contribution in [0.3, 0.4) is 0 Å². The van der Waals surface area contributed by atoms with Crippen molar-refractivity contribution in [3.8, 4) is 11.5 Å². The first kappa shape index (κ1) is 22.1. The highest BCUT2D eigenvalue weighted by Crippen LogP contribution is 2.43. The molecule has 1 aliphatic rings. The summed E-state index contributed by atoms with van der Waals surface area (Å²) in [5, 5.41) is 2.50. The number of carbonyl (C=O) groups is 1. The number of rotatable bonds is 7. The van der Waals surface area contributed by atoms with Gasteiger partial charge in [0.2, 0.25) is 10.0 Å². The van der Waals surface area contributed by atoms with Crippen molar-refractivity contribution in [1.29, 1.82) is 0 Å². The van der Waals surface area contributed by atoms with Gasteiger partial charge in [-0.2, -0.15) is 0 Å². The van der Waals surface area contributed by atoms with E-state index in [1.807, 2.05) is 38.1 Å². The monoisotopic (exact) mass is 432 g/mol. The van der Waals surface area contributed by atoms with Crippen LogP contribution in [0.25, 0.3) is 0 Å². The number of ether oxygens (including phenoxy) is 2. The molecule has 0 aliphatic carbocycles. The standard InChI is InChI=1S/C22H28N2O5S/c1-5-22(6-2)14-18(16-9-7-8-10-20(16)29-22)24-30(26,27)15-11-12-19(28-4)17(13-15)21(25)23-3/h7-13,18,24H,5-6,14H2,1-4H3,(H,23,25)/t18-/m1/s1. The maximum absolute atomic E-state index is 13.2. The zero-order valence-corrected chi connectivity index (χ0v) is 18.5. The number of hydrogen-bond acceptors (Lipinski definition) is 5. The quantitative estimate of drug-likeness (QED) is 0.699. The Labute approximate surface area is 177 Å². The van der Waals surface area contributed by atoms with Gasteiger partial charge in [-0.3, -0.25) is 4.79 Å². The van der Waals surface area contributed by atoms with E-state index in [0.717, 1.165) is 18.4 Å². The van der Waals surface area contributed by atoms with Gasteiger partial charge >= 0.3 is 0 Å². The topological polar surface area (TPSA) is 93.7 Å². The molecular formula is C22H28N2O5S. The Balaban J connectivity index is 1.99. The van der Waals surface area contributed by atoms with Crippen LogP contribution < -0.4 is 19.5 Å². The summed E-state index contributed by atoms with van der Waals surface area (Å²) in [5.74, 6) is 0.581. The van der Waals surface area contributed by atoms with Gasteiger partial charge in [0.05, 0.1) is 23.6 Å². The molecule has 1 amide bonds. The van der Waals surface area contributed by atoms with Crippen LogP contribution in [0, 0.1) is 0 Å². The first-order valence-corrected chi connectivity index (χ1v) is 11.5. The molecule has 0 fully saturated rings. The van der Waals surface area contributed by atoms with E-state index in [4.69, 9.17) is 9.47 Å². The number of para-hydroxylation sites is 1. The van der Waals surface area contributed by atoms with Crippen LogP contribution in [0.1, 0.15) is 55.1 Å². The minimum absolute atomic E-state index is 0.00414. The second-order valence-corrected chi connectivity index (χ2v) is 9.06. The second-order valence-electron chi connectivity index (χ2n) is 7.35. The van der Waals surface area contributed by atoms with Crippen molar-refractivity contribution < 1.29 is 22.7 Å². The summed E-state index contributed by atoms with van der Waals surface area (Å²) in [6, 6.07) is 11.3. The first-order chi connectivity index (χ1) is 14.3. The largest absolute Gasteiger partial charge is 0.496 e. The van der Waals surface area contributed by atoms with E-state index >= 15 is 0 Å². The molecule has 8 heteroatoms. The highest BCUT2D eigenvalue weighted by Gasteiger charge is 2.40. The Morgan fingerprint density at radius 3 is 2.53 bits per heavy atom. The van der Waals surface area contributed by atoms with Crippen LogP contribution in [0.5, 0.6) is 11.5 Å². The lowest BCUT2D eigenvalue weighted by Gasteiger charge is -2.41. The lowest BCUT2D eigenvalue weighted by atomic mass is 9.84. The average molecular weight is 433 g/mol. The van der Waals surface area contributed by atoms with Gasteiger partial charge in [0.1, 0.15) is 17.1 Å². The summed E-state index contributed by atoms with van der Waals surface area (Å²) >= 11 is 0. The van der Waals surface area contributed by atoms with E-state index in [9.17, 15) is 13.2 Å². The Kier molecular flexibility index (Phi) is 6.38. The van der Waals surface area contributed by atoms with E-state index in [2.05, 4.69) is 10.0 Å². The molecule has 0 saturated heterocycles. The average Bonchev–Trinajstić information content (AvgIpc) is 2.77. The van der Waals surface area contributed by atoms with Gasteiger partial charge in [0, 0.05) is 19.0 Å². The highest BCUT2D eigenvalue weighted by atomic mass is 32.2. The summed E-state index contributed by atoms with van der Waals surface area (Å²) in [6.45, 7) is 4.09. The number of amides is 1. The summed E-state index contributed by atoms with van der Waals surface area (Å²) in [5.41, 5.74) is 0.527. The van der Waals surface area contributed by atoms with E-state index in [-0.39, 0.29) is 10.5 Å². The maximum Gasteiger partial charge on any atom is 0.254 e. The third-order valence-electron chi connectivity index (χ3n) is 5.74. The number of methoxy groups -OCH3 is 1. The van der Waals surface area contributed by atoms with Gasteiger partial charge in [-0.25, -0.2) is 13.1 Å². The van der Waals surface area contributed by atoms with Crippen LogP contribution in [0.2, 0.25) is 0 Å². The molecule has 1 aliphatic heterocycles. The summed E-state index contributed by atoms with van der Waals surface area (Å²) in [6.07, 6.45) is 2.05. The van der Waals surface area contributed by atoms with E-state index < -0.39 is 27.6 Å². The van der Waals surface area contributed by atoms with Crippen molar-refractivity contribution in [3.63, 3.8) is 0 Å². The molecule has 1 atom stereocenters. The minimum atomic E-state index is -3.90. The predicted molar refractivity (Wildman–Crippen MR) is 114 cm³/mol. The Morgan fingerprint density at radius 2 is 1.90 bits per heavy atom. The predicted octanol–water partition coefficient (Wildman–Crippen LogP) is 3.42. The van der Waals surface area contributed by atoms with Crippen molar-refractivity contribution in [2.24, 2.45) is 0 Å². The summed E-state index contributed by atoms with van der Waals surface area (Å²) in [7, 11) is -0.985. The molecule has 30 heavy (non-hydrogen) atoms. The number of nitrogens with one attached hydrogen (secondary N) is 2. The Bertz CT molecular complexity index is 1030. The fourth-order valence-electron chi connectivity index (χ4n) is 3.83. The lowest BCUT2D eigenvalue weighted by Crippen LogP contribution is -2.44. The molecule has 3 rings (SSSR count). The van der Waals surface area contributed by atoms with Crippen LogP contribution in [-0.2, 0) is 10.0 Å². The molecule has 2 aromatic carbocycles. The van der Waals surface area contributed by atoms with Gasteiger partial charge in [-0.15, -0.1) is 0 Å². The van der Waals surface area contributed by atoms with Crippen LogP contribution in [0.4, 0.5) is 0 Å². The lowest BCUT2D eigenvalue weighted by molar-refractivity contribution is 0.0260. The molecule has 0 radical (unpaired) electrons. The highest BCUT2D eigenvalue weighted by molar-refractivity contribution is 7.89. The number of fused-ring (bicyclic) bond motifs is 1. The van der Waals surface area contributed by atoms with Crippen LogP contribution in [-0.4, -0.2) is 34.1 Å². The first-order valence-electron chi connectivity index (χ1n) is 9.99. The molecule has 0 spiro atoms. The third-order valence-corrected chi connectivity index (χ3v) is 7.21. The zero-order valence-electron chi connectivity index (χ0n) is 17.7. The SMILES string of the molecule is CCC1(CC)C[C@@H](NS(=O)(=O)c2ccc(OC)c(C(=O)NC)c2)c2ccccc2O1. The molecular weight excluding hydrogens is 404 g/mol. The maximum atomic E-state index is 13.2. The minimum Gasteiger partial charge on any atom is -0.496 e. The van der Waals surface area contributed by atoms with Gasteiger partial charge in [0.25, 0.3) is 5.91 Å². The third kappa shape index (κ3) is 4.15. The van der Waals surface area contributed by atoms with Crippen LogP contribution in [0.15, 0.2) is 47.4 Å². The summed E-state index contributed by atoms with van der Waals surface area (Å²) < 4.78 is 40.8. The van der Waals surface area contributed by atoms with Gasteiger partial charge in [-0.05, 0) is 37.1 Å². The number of sulfonamides is 1. The second kappa shape index (κ2) is 8.65. The van der Waals surface area contributed by atoms with E-state index in [1.54, 1.807) is 0 Å². The van der Waals surface area contributed by atoms with E-state index in [1.165, 1.54) is 32.4 Å².